The van der Waals surface area contributed by atoms with Crippen molar-refractivity contribution in [2.45, 2.75) is 0 Å². The predicted octanol–water partition coefficient (Wildman–Crippen LogP) is 4.37. The van der Waals surface area contributed by atoms with E-state index in [9.17, 15) is 9.90 Å². The maximum atomic E-state index is 10.9. The van der Waals surface area contributed by atoms with Gasteiger partial charge in [0, 0.05) is 16.3 Å². The van der Waals surface area contributed by atoms with Crippen LogP contribution < -0.4 is 0 Å². The summed E-state index contributed by atoms with van der Waals surface area (Å²) in [6.07, 6.45) is 1.48. The summed E-state index contributed by atoms with van der Waals surface area (Å²) in [5, 5.41) is 18.9. The monoisotopic (exact) mass is 397 g/mol. The van der Waals surface area contributed by atoms with E-state index >= 15 is 0 Å². The van der Waals surface area contributed by atoms with E-state index in [0.29, 0.717) is 20.2 Å². The SMILES string of the molecule is O=C(O)c1cccc(N=Cc2c(Br)ccc(Br)c2O)c1. The summed E-state index contributed by atoms with van der Waals surface area (Å²) in [4.78, 5) is 15.1. The minimum atomic E-state index is -1.01. The molecule has 0 saturated carbocycles. The third-order valence-electron chi connectivity index (χ3n) is 2.55. The quantitative estimate of drug-likeness (QED) is 0.754. The van der Waals surface area contributed by atoms with Gasteiger partial charge in [0.05, 0.1) is 15.7 Å². The van der Waals surface area contributed by atoms with Crippen molar-refractivity contribution >= 4 is 49.7 Å². The molecule has 0 aromatic heterocycles. The second-order valence-electron chi connectivity index (χ2n) is 3.91. The number of carboxylic acids is 1. The fourth-order valence-electron chi connectivity index (χ4n) is 1.54. The molecule has 4 nitrogen and oxygen atoms in total. The van der Waals surface area contributed by atoms with Crippen LogP contribution in [0.15, 0.2) is 50.3 Å². The van der Waals surface area contributed by atoms with Gasteiger partial charge in [-0.2, -0.15) is 0 Å². The van der Waals surface area contributed by atoms with Crippen LogP contribution in [-0.4, -0.2) is 22.4 Å². The molecule has 6 heteroatoms. The Morgan fingerprint density at radius 1 is 1.15 bits per heavy atom. The molecule has 0 atom stereocenters. The number of nitrogens with zero attached hydrogens (tertiary/aromatic N) is 1. The minimum Gasteiger partial charge on any atom is -0.506 e. The Hall–Kier alpha value is -1.66. The number of phenolic OH excluding ortho intramolecular Hbond substituents is 1. The van der Waals surface area contributed by atoms with Gasteiger partial charge in [-0.3, -0.25) is 4.99 Å². The van der Waals surface area contributed by atoms with Crippen LogP contribution in [-0.2, 0) is 0 Å². The Labute approximate surface area is 132 Å². The van der Waals surface area contributed by atoms with Gasteiger partial charge in [-0.1, -0.05) is 6.07 Å². The zero-order chi connectivity index (χ0) is 14.7. The highest BCUT2D eigenvalue weighted by Crippen LogP contribution is 2.32. The number of hydrogen-bond acceptors (Lipinski definition) is 3. The van der Waals surface area contributed by atoms with E-state index in [-0.39, 0.29) is 11.3 Å². The zero-order valence-corrected chi connectivity index (χ0v) is 13.2. The first-order valence-electron chi connectivity index (χ1n) is 5.53. The van der Waals surface area contributed by atoms with E-state index in [2.05, 4.69) is 36.9 Å². The highest BCUT2D eigenvalue weighted by molar-refractivity contribution is 9.11. The number of rotatable bonds is 3. The van der Waals surface area contributed by atoms with Crippen molar-refractivity contribution in [3.05, 3.63) is 56.5 Å². The summed E-state index contributed by atoms with van der Waals surface area (Å²) in [6.45, 7) is 0. The van der Waals surface area contributed by atoms with Crippen molar-refractivity contribution in [2.75, 3.05) is 0 Å². The third-order valence-corrected chi connectivity index (χ3v) is 3.88. The second kappa shape index (κ2) is 6.19. The molecule has 2 aromatic rings. The fraction of sp³-hybridized carbons (Fsp3) is 0. The molecule has 20 heavy (non-hydrogen) atoms. The van der Waals surface area contributed by atoms with Gasteiger partial charge in [-0.05, 0) is 62.2 Å². The number of benzene rings is 2. The molecular weight excluding hydrogens is 390 g/mol. The van der Waals surface area contributed by atoms with Crippen LogP contribution in [0, 0.1) is 0 Å². The Morgan fingerprint density at radius 2 is 1.85 bits per heavy atom. The Kier molecular flexibility index (Phi) is 4.57. The van der Waals surface area contributed by atoms with Crippen LogP contribution in [0.1, 0.15) is 15.9 Å². The second-order valence-corrected chi connectivity index (χ2v) is 5.61. The lowest BCUT2D eigenvalue weighted by Crippen LogP contribution is -1.94. The van der Waals surface area contributed by atoms with Gasteiger partial charge in [-0.15, -0.1) is 0 Å². The summed E-state index contributed by atoms with van der Waals surface area (Å²) < 4.78 is 1.25. The molecule has 0 amide bonds. The van der Waals surface area contributed by atoms with Crippen molar-refractivity contribution in [3.8, 4) is 5.75 Å². The van der Waals surface area contributed by atoms with E-state index in [1.807, 2.05) is 0 Å². The minimum absolute atomic E-state index is 0.0671. The largest absolute Gasteiger partial charge is 0.506 e. The van der Waals surface area contributed by atoms with Crippen molar-refractivity contribution in [1.82, 2.24) is 0 Å². The van der Waals surface area contributed by atoms with Crippen molar-refractivity contribution in [3.63, 3.8) is 0 Å². The number of halogens is 2. The van der Waals surface area contributed by atoms with Gasteiger partial charge < -0.3 is 10.2 Å². The van der Waals surface area contributed by atoms with Gasteiger partial charge in [-0.25, -0.2) is 4.79 Å². The lowest BCUT2D eigenvalue weighted by Gasteiger charge is -2.04. The van der Waals surface area contributed by atoms with E-state index in [0.717, 1.165) is 0 Å². The van der Waals surface area contributed by atoms with E-state index in [1.165, 1.54) is 18.3 Å². The van der Waals surface area contributed by atoms with Gasteiger partial charge in [0.2, 0.25) is 0 Å². The molecule has 0 fully saturated rings. The molecule has 0 aliphatic rings. The standard InChI is InChI=1S/C14H9Br2NO3/c15-11-4-5-12(16)13(18)10(11)7-17-9-3-1-2-8(6-9)14(19)20/h1-7,18H,(H,19,20). The van der Waals surface area contributed by atoms with Crippen molar-refractivity contribution in [2.24, 2.45) is 4.99 Å². The highest BCUT2D eigenvalue weighted by atomic mass is 79.9. The highest BCUT2D eigenvalue weighted by Gasteiger charge is 2.08. The molecule has 2 N–H and O–H groups in total. The van der Waals surface area contributed by atoms with Crippen LogP contribution >= 0.6 is 31.9 Å². The topological polar surface area (TPSA) is 69.9 Å². The van der Waals surface area contributed by atoms with E-state index in [1.54, 1.807) is 24.3 Å². The third kappa shape index (κ3) is 3.26. The summed E-state index contributed by atoms with van der Waals surface area (Å²) in [6, 6.07) is 9.74. The molecule has 2 aromatic carbocycles. The normalized spacial score (nSPS) is 10.9. The number of carboxylic acid groups (broad SMARTS) is 1. The number of hydrogen-bond donors (Lipinski definition) is 2. The lowest BCUT2D eigenvalue weighted by atomic mass is 10.2. The van der Waals surface area contributed by atoms with Crippen LogP contribution in [0.4, 0.5) is 5.69 Å². The molecule has 0 saturated heterocycles. The maximum Gasteiger partial charge on any atom is 0.335 e. The average Bonchev–Trinajstić information content (AvgIpc) is 2.43. The first-order valence-corrected chi connectivity index (χ1v) is 7.12. The maximum absolute atomic E-state index is 10.9. The predicted molar refractivity (Wildman–Crippen MR) is 84.2 cm³/mol. The Balaban J connectivity index is 2.37. The summed E-state index contributed by atoms with van der Waals surface area (Å²) in [5.41, 5.74) is 1.17. The Morgan fingerprint density at radius 3 is 2.55 bits per heavy atom. The van der Waals surface area contributed by atoms with Crippen molar-refractivity contribution in [1.29, 1.82) is 0 Å². The number of aromatic hydroxyl groups is 1. The van der Waals surface area contributed by atoms with Crippen molar-refractivity contribution < 1.29 is 15.0 Å². The molecule has 0 bridgehead atoms. The van der Waals surface area contributed by atoms with Crippen LogP contribution in [0.5, 0.6) is 5.75 Å². The molecule has 2 rings (SSSR count). The molecule has 0 heterocycles. The van der Waals surface area contributed by atoms with E-state index < -0.39 is 5.97 Å². The van der Waals surface area contributed by atoms with Gasteiger partial charge in [0.25, 0.3) is 0 Å². The number of phenols is 1. The average molecular weight is 399 g/mol. The summed E-state index contributed by atoms with van der Waals surface area (Å²) in [7, 11) is 0. The molecule has 0 aliphatic carbocycles. The molecule has 102 valence electrons. The number of aliphatic imine (C=N–C) groups is 1. The van der Waals surface area contributed by atoms with Gasteiger partial charge in [0.15, 0.2) is 0 Å². The number of aromatic carboxylic acids is 1. The van der Waals surface area contributed by atoms with Gasteiger partial charge >= 0.3 is 5.97 Å². The first-order chi connectivity index (χ1) is 9.49. The summed E-state index contributed by atoms with van der Waals surface area (Å²) in [5.74, 6) is -0.939. The smallest absolute Gasteiger partial charge is 0.335 e. The number of carbonyl (C=O) groups is 1. The van der Waals surface area contributed by atoms with Crippen LogP contribution in [0.3, 0.4) is 0 Å². The molecule has 0 aliphatic heterocycles. The molecule has 0 spiro atoms. The molecular formula is C14H9Br2NO3. The van der Waals surface area contributed by atoms with Gasteiger partial charge in [0.1, 0.15) is 5.75 Å². The molecule has 0 unspecified atom stereocenters. The molecule has 0 radical (unpaired) electrons. The Bertz CT molecular complexity index is 699. The zero-order valence-electron chi connectivity index (χ0n) is 10.0. The lowest BCUT2D eigenvalue weighted by molar-refractivity contribution is 0.0697. The van der Waals surface area contributed by atoms with Crippen LogP contribution in [0.2, 0.25) is 0 Å². The van der Waals surface area contributed by atoms with E-state index in [4.69, 9.17) is 5.11 Å². The first kappa shape index (κ1) is 14.7. The van der Waals surface area contributed by atoms with Crippen LogP contribution in [0.25, 0.3) is 0 Å². The summed E-state index contributed by atoms with van der Waals surface area (Å²) >= 11 is 6.55. The fourth-order valence-corrected chi connectivity index (χ4v) is 2.31.